The van der Waals surface area contributed by atoms with Crippen LogP contribution in [0.15, 0.2) is 69.6 Å². The van der Waals surface area contributed by atoms with Crippen LogP contribution < -0.4 is 24.4 Å². The normalized spacial score (nSPS) is 15.6. The number of esters is 1. The molecule has 2 heterocycles. The molecule has 0 amide bonds. The van der Waals surface area contributed by atoms with E-state index in [1.165, 1.54) is 18.4 Å². The number of methoxy groups -OCH3 is 2. The van der Waals surface area contributed by atoms with E-state index in [0.29, 0.717) is 38.7 Å². The number of ether oxygens (including phenoxy) is 3. The van der Waals surface area contributed by atoms with Crippen molar-refractivity contribution in [2.45, 2.75) is 19.9 Å². The fraction of sp³-hybridized carbons (Fsp3) is 0.240. The molecule has 3 aromatic rings. The summed E-state index contributed by atoms with van der Waals surface area (Å²) in [7, 11) is 2.91. The van der Waals surface area contributed by atoms with E-state index in [-0.39, 0.29) is 5.56 Å². The number of aromatic nitrogens is 1. The lowest BCUT2D eigenvalue weighted by molar-refractivity contribution is -0.136. The van der Waals surface area contributed by atoms with Crippen LogP contribution in [0.25, 0.3) is 6.08 Å². The van der Waals surface area contributed by atoms with Crippen molar-refractivity contribution in [3.05, 3.63) is 90.6 Å². The van der Waals surface area contributed by atoms with Crippen molar-refractivity contribution in [2.75, 3.05) is 20.8 Å². The first kappa shape index (κ1) is 22.5. The van der Waals surface area contributed by atoms with Crippen molar-refractivity contribution >= 4 is 23.4 Å². The minimum Gasteiger partial charge on any atom is -0.497 e. The molecule has 0 aliphatic carbocycles. The molecule has 170 valence electrons. The van der Waals surface area contributed by atoms with Gasteiger partial charge in [0, 0.05) is 5.56 Å². The van der Waals surface area contributed by atoms with E-state index < -0.39 is 12.0 Å². The van der Waals surface area contributed by atoms with Gasteiger partial charge in [0.15, 0.2) is 4.80 Å². The van der Waals surface area contributed by atoms with Gasteiger partial charge in [-0.05, 0) is 43.7 Å². The highest BCUT2D eigenvalue weighted by Crippen LogP contribution is 2.31. The highest BCUT2D eigenvalue weighted by Gasteiger charge is 2.33. The zero-order valence-corrected chi connectivity index (χ0v) is 19.6. The van der Waals surface area contributed by atoms with E-state index in [2.05, 4.69) is 4.99 Å². The number of allylic oxidation sites excluding steroid dienone is 1. The first-order chi connectivity index (χ1) is 16.0. The summed E-state index contributed by atoms with van der Waals surface area (Å²) >= 11 is 1.28. The van der Waals surface area contributed by atoms with Gasteiger partial charge in [-0.2, -0.15) is 0 Å². The van der Waals surface area contributed by atoms with Crippen LogP contribution in [-0.4, -0.2) is 31.4 Å². The summed E-state index contributed by atoms with van der Waals surface area (Å²) in [5, 5.41) is 0. The Balaban J connectivity index is 1.95. The number of benzene rings is 2. The van der Waals surface area contributed by atoms with Crippen LogP contribution in [0.2, 0.25) is 0 Å². The number of fused-ring (bicyclic) bond motifs is 1. The maximum Gasteiger partial charge on any atom is 0.338 e. The van der Waals surface area contributed by atoms with Gasteiger partial charge >= 0.3 is 5.97 Å². The van der Waals surface area contributed by atoms with E-state index in [9.17, 15) is 9.59 Å². The van der Waals surface area contributed by atoms with Gasteiger partial charge in [0.2, 0.25) is 0 Å². The van der Waals surface area contributed by atoms with Crippen LogP contribution in [0.1, 0.15) is 31.0 Å². The van der Waals surface area contributed by atoms with Gasteiger partial charge in [0.05, 0.1) is 42.7 Å². The number of nitrogens with zero attached hydrogens (tertiary/aromatic N) is 2. The summed E-state index contributed by atoms with van der Waals surface area (Å²) in [6, 6.07) is 14.2. The van der Waals surface area contributed by atoms with Gasteiger partial charge in [0.25, 0.3) is 5.56 Å². The van der Waals surface area contributed by atoms with Gasteiger partial charge in [-0.1, -0.05) is 41.7 Å². The van der Waals surface area contributed by atoms with Crippen molar-refractivity contribution in [1.29, 1.82) is 0 Å². The van der Waals surface area contributed by atoms with Crippen molar-refractivity contribution in [3.63, 3.8) is 0 Å². The third-order valence-electron chi connectivity index (χ3n) is 5.36. The molecule has 1 aliphatic heterocycles. The van der Waals surface area contributed by atoms with Gasteiger partial charge in [0.1, 0.15) is 11.5 Å². The smallest absolute Gasteiger partial charge is 0.338 e. The molecule has 1 aliphatic rings. The molecule has 1 aromatic heterocycles. The Hall–Kier alpha value is -3.65. The Kier molecular flexibility index (Phi) is 6.46. The van der Waals surface area contributed by atoms with Gasteiger partial charge in [-0.3, -0.25) is 9.36 Å². The zero-order valence-electron chi connectivity index (χ0n) is 18.8. The summed E-state index contributed by atoms with van der Waals surface area (Å²) < 4.78 is 18.1. The number of hydrogen-bond acceptors (Lipinski definition) is 7. The van der Waals surface area contributed by atoms with E-state index >= 15 is 0 Å². The molecule has 8 heteroatoms. The predicted octanol–water partition coefficient (Wildman–Crippen LogP) is 2.82. The lowest BCUT2D eigenvalue weighted by Gasteiger charge is -2.24. The van der Waals surface area contributed by atoms with Gasteiger partial charge in [-0.25, -0.2) is 9.79 Å². The van der Waals surface area contributed by atoms with Gasteiger partial charge in [-0.15, -0.1) is 0 Å². The predicted molar refractivity (Wildman–Crippen MR) is 126 cm³/mol. The van der Waals surface area contributed by atoms with Gasteiger partial charge < -0.3 is 14.2 Å². The molecule has 0 spiro atoms. The molecule has 2 aromatic carbocycles. The topological polar surface area (TPSA) is 79.1 Å². The second kappa shape index (κ2) is 9.46. The Bertz CT molecular complexity index is 1400. The molecule has 4 rings (SSSR count). The average molecular weight is 465 g/mol. The van der Waals surface area contributed by atoms with Crippen molar-refractivity contribution in [2.24, 2.45) is 4.99 Å². The maximum absolute atomic E-state index is 13.6. The monoisotopic (exact) mass is 464 g/mol. The standard InChI is InChI=1S/C25H24N2O5S/c1-5-32-19-9-7-6-8-17(19)14-20-23(28)27-22(16-10-12-18(30-3)13-11-16)21(24(29)31-4)15(2)26-25(27)33-20/h6-14,22H,5H2,1-4H3/b20-14+. The van der Waals surface area contributed by atoms with Crippen LogP contribution in [0, 0.1) is 0 Å². The summed E-state index contributed by atoms with van der Waals surface area (Å²) in [6.07, 6.45) is 1.80. The molecule has 33 heavy (non-hydrogen) atoms. The zero-order chi connectivity index (χ0) is 23.5. The highest BCUT2D eigenvalue weighted by atomic mass is 32.1. The number of para-hydroxylation sites is 1. The van der Waals surface area contributed by atoms with Crippen molar-refractivity contribution in [3.8, 4) is 11.5 Å². The maximum atomic E-state index is 13.6. The van der Waals surface area contributed by atoms with E-state index in [1.807, 2.05) is 43.3 Å². The molecule has 0 fully saturated rings. The fourth-order valence-corrected chi connectivity index (χ4v) is 4.86. The SMILES string of the molecule is CCOc1ccccc1/C=c1/sc2n(c1=O)C(c1ccc(OC)cc1)C(C(=O)OC)=C(C)N=2. The number of carbonyl (C=O) groups is 1. The Morgan fingerprint density at radius 1 is 1.15 bits per heavy atom. The second-order valence-corrected chi connectivity index (χ2v) is 8.33. The van der Waals surface area contributed by atoms with E-state index in [0.717, 1.165) is 11.1 Å². The molecular formula is C25H24N2O5S. The number of rotatable bonds is 6. The van der Waals surface area contributed by atoms with Crippen LogP contribution in [0.5, 0.6) is 11.5 Å². The van der Waals surface area contributed by atoms with Crippen LogP contribution >= 0.6 is 11.3 Å². The molecule has 0 bridgehead atoms. The minimum atomic E-state index is -0.663. The molecule has 0 N–H and O–H groups in total. The summed E-state index contributed by atoms with van der Waals surface area (Å²) in [5.74, 6) is 0.857. The van der Waals surface area contributed by atoms with Crippen LogP contribution in [-0.2, 0) is 9.53 Å². The van der Waals surface area contributed by atoms with Crippen LogP contribution in [0.3, 0.4) is 0 Å². The third kappa shape index (κ3) is 4.21. The number of thiazole rings is 1. The Morgan fingerprint density at radius 2 is 1.88 bits per heavy atom. The Labute approximate surface area is 194 Å². The lowest BCUT2D eigenvalue weighted by atomic mass is 9.96. The minimum absolute atomic E-state index is 0.236. The summed E-state index contributed by atoms with van der Waals surface area (Å²) in [6.45, 7) is 4.19. The highest BCUT2D eigenvalue weighted by molar-refractivity contribution is 7.07. The largest absolute Gasteiger partial charge is 0.497 e. The molecule has 7 nitrogen and oxygen atoms in total. The first-order valence-corrected chi connectivity index (χ1v) is 11.3. The lowest BCUT2D eigenvalue weighted by Crippen LogP contribution is -2.39. The van der Waals surface area contributed by atoms with Crippen molar-refractivity contribution in [1.82, 2.24) is 4.57 Å². The molecule has 0 saturated carbocycles. The molecule has 1 unspecified atom stereocenters. The number of carbonyl (C=O) groups excluding carboxylic acids is 1. The fourth-order valence-electron chi connectivity index (χ4n) is 3.82. The summed E-state index contributed by atoms with van der Waals surface area (Å²) in [4.78, 5) is 31.4. The second-order valence-electron chi connectivity index (χ2n) is 7.32. The summed E-state index contributed by atoms with van der Waals surface area (Å²) in [5.41, 5.74) is 2.17. The van der Waals surface area contributed by atoms with E-state index in [4.69, 9.17) is 14.2 Å². The van der Waals surface area contributed by atoms with Crippen molar-refractivity contribution < 1.29 is 19.0 Å². The first-order valence-electron chi connectivity index (χ1n) is 10.4. The quantitative estimate of drug-likeness (QED) is 0.524. The van der Waals surface area contributed by atoms with Crippen LogP contribution in [0.4, 0.5) is 0 Å². The molecular weight excluding hydrogens is 440 g/mol. The molecule has 0 saturated heterocycles. The molecule has 1 atom stereocenters. The molecule has 0 radical (unpaired) electrons. The number of hydrogen-bond donors (Lipinski definition) is 0. The van der Waals surface area contributed by atoms with E-state index in [1.54, 1.807) is 36.8 Å². The Morgan fingerprint density at radius 3 is 2.55 bits per heavy atom. The average Bonchev–Trinajstić information content (AvgIpc) is 3.13. The third-order valence-corrected chi connectivity index (χ3v) is 6.35.